The number of urea groups is 1. The lowest BCUT2D eigenvalue weighted by Gasteiger charge is -2.21. The van der Waals surface area contributed by atoms with Crippen molar-refractivity contribution in [1.29, 1.82) is 0 Å². The van der Waals surface area contributed by atoms with Crippen molar-refractivity contribution < 1.29 is 18.7 Å². The number of furan rings is 1. The minimum absolute atomic E-state index is 0.0209. The van der Waals surface area contributed by atoms with E-state index >= 15 is 0 Å². The van der Waals surface area contributed by atoms with E-state index in [1.54, 1.807) is 29.5 Å². The van der Waals surface area contributed by atoms with Gasteiger partial charge in [0.1, 0.15) is 11.9 Å². The van der Waals surface area contributed by atoms with Gasteiger partial charge in [0, 0.05) is 30.9 Å². The molecule has 0 aromatic carbocycles. The second-order valence-corrected chi connectivity index (χ2v) is 5.96. The Morgan fingerprint density at radius 3 is 3.04 bits per heavy atom. The second-order valence-electron chi connectivity index (χ2n) is 5.96. The van der Waals surface area contributed by atoms with Gasteiger partial charge in [-0.05, 0) is 31.5 Å². The van der Waals surface area contributed by atoms with E-state index in [0.29, 0.717) is 37.9 Å². The number of anilines is 1. The molecule has 3 rings (SSSR count). The third kappa shape index (κ3) is 4.51. The summed E-state index contributed by atoms with van der Waals surface area (Å²) in [5.41, 5.74) is 1.67. The van der Waals surface area contributed by atoms with Gasteiger partial charge in [-0.25, -0.2) is 9.78 Å². The third-order valence-corrected chi connectivity index (χ3v) is 4.13. The topological polar surface area (TPSA) is 76.8 Å². The first-order valence-electron chi connectivity index (χ1n) is 8.45. The minimum Gasteiger partial charge on any atom is -0.472 e. The van der Waals surface area contributed by atoms with Gasteiger partial charge in [-0.1, -0.05) is 0 Å². The van der Waals surface area contributed by atoms with Crippen molar-refractivity contribution >= 4 is 11.7 Å². The zero-order valence-electron chi connectivity index (χ0n) is 14.5. The van der Waals surface area contributed by atoms with Crippen LogP contribution in [0.5, 0.6) is 5.88 Å². The number of amides is 2. The summed E-state index contributed by atoms with van der Waals surface area (Å²) in [6, 6.07) is 5.16. The van der Waals surface area contributed by atoms with E-state index in [-0.39, 0.29) is 12.1 Å². The Morgan fingerprint density at radius 2 is 2.36 bits per heavy atom. The van der Waals surface area contributed by atoms with Crippen LogP contribution in [-0.4, -0.2) is 41.8 Å². The van der Waals surface area contributed by atoms with Crippen molar-refractivity contribution in [3.8, 4) is 5.88 Å². The number of carbonyl (C=O) groups is 1. The normalized spacial score (nSPS) is 16.6. The number of pyridine rings is 1. The maximum Gasteiger partial charge on any atom is 0.322 e. The highest BCUT2D eigenvalue weighted by Crippen LogP contribution is 2.19. The molecule has 0 saturated carbocycles. The van der Waals surface area contributed by atoms with Gasteiger partial charge in [0.25, 0.3) is 0 Å². The Hall–Kier alpha value is -2.54. The van der Waals surface area contributed by atoms with E-state index in [1.807, 2.05) is 19.9 Å². The number of aromatic nitrogens is 1. The number of nitrogens with one attached hydrogen (secondary N) is 1. The molecule has 2 aromatic rings. The van der Waals surface area contributed by atoms with Crippen LogP contribution in [0.1, 0.15) is 24.7 Å². The maximum absolute atomic E-state index is 12.5. The molecule has 1 aliphatic heterocycles. The molecule has 1 N–H and O–H groups in total. The Balaban J connectivity index is 1.61. The number of carbonyl (C=O) groups excluding carboxylic acids is 1. The summed E-state index contributed by atoms with van der Waals surface area (Å²) in [5.74, 6) is 1.27. The zero-order chi connectivity index (χ0) is 17.6. The number of ether oxygens (including phenoxy) is 2. The van der Waals surface area contributed by atoms with Gasteiger partial charge in [0.05, 0.1) is 26.0 Å². The highest BCUT2D eigenvalue weighted by molar-refractivity contribution is 5.89. The Kier molecular flexibility index (Phi) is 5.55. The van der Waals surface area contributed by atoms with Crippen molar-refractivity contribution in [3.05, 3.63) is 42.0 Å². The fraction of sp³-hybridized carbons (Fsp3) is 0.444. The standard InChI is InChI=1S/C18H23N3O4/c1-3-21(11-16-13(2)5-9-24-16)18(22)20-14-4-7-19-17(10-14)25-15-6-8-23-12-15/h4-5,7,9-10,15H,3,6,8,11-12H2,1-2H3,(H,19,20,22). The summed E-state index contributed by atoms with van der Waals surface area (Å²) in [7, 11) is 0. The number of aryl methyl sites for hydroxylation is 1. The van der Waals surface area contributed by atoms with Crippen LogP contribution >= 0.6 is 0 Å². The zero-order valence-corrected chi connectivity index (χ0v) is 14.5. The highest BCUT2D eigenvalue weighted by Gasteiger charge is 2.19. The van der Waals surface area contributed by atoms with Crippen LogP contribution in [0.3, 0.4) is 0 Å². The van der Waals surface area contributed by atoms with Crippen molar-refractivity contribution in [2.75, 3.05) is 25.1 Å². The fourth-order valence-electron chi connectivity index (χ4n) is 2.60. The van der Waals surface area contributed by atoms with Crippen molar-refractivity contribution in [3.63, 3.8) is 0 Å². The molecule has 2 aromatic heterocycles. The lowest BCUT2D eigenvalue weighted by molar-refractivity contribution is 0.138. The van der Waals surface area contributed by atoms with Gasteiger partial charge in [-0.3, -0.25) is 0 Å². The van der Waals surface area contributed by atoms with Crippen LogP contribution in [0.2, 0.25) is 0 Å². The molecule has 1 atom stereocenters. The summed E-state index contributed by atoms with van der Waals surface area (Å²) in [6.07, 6.45) is 4.13. The van der Waals surface area contributed by atoms with E-state index in [0.717, 1.165) is 17.7 Å². The highest BCUT2D eigenvalue weighted by atomic mass is 16.5. The Morgan fingerprint density at radius 1 is 1.48 bits per heavy atom. The van der Waals surface area contributed by atoms with Crippen molar-refractivity contribution in [2.24, 2.45) is 0 Å². The maximum atomic E-state index is 12.5. The summed E-state index contributed by atoms with van der Waals surface area (Å²) >= 11 is 0. The molecule has 25 heavy (non-hydrogen) atoms. The number of nitrogens with zero attached hydrogens (tertiary/aromatic N) is 2. The molecule has 0 radical (unpaired) electrons. The van der Waals surface area contributed by atoms with E-state index in [1.165, 1.54) is 0 Å². The van der Waals surface area contributed by atoms with Gasteiger partial charge in [-0.15, -0.1) is 0 Å². The molecule has 0 spiro atoms. The first kappa shape index (κ1) is 17.3. The van der Waals surface area contributed by atoms with Gasteiger partial charge >= 0.3 is 6.03 Å². The molecule has 1 unspecified atom stereocenters. The number of hydrogen-bond acceptors (Lipinski definition) is 5. The van der Waals surface area contributed by atoms with E-state index < -0.39 is 0 Å². The monoisotopic (exact) mass is 345 g/mol. The summed E-state index contributed by atoms with van der Waals surface area (Å²) in [4.78, 5) is 18.4. The van der Waals surface area contributed by atoms with E-state index in [4.69, 9.17) is 13.9 Å². The average molecular weight is 345 g/mol. The Bertz CT molecular complexity index is 710. The van der Waals surface area contributed by atoms with Crippen LogP contribution in [-0.2, 0) is 11.3 Å². The van der Waals surface area contributed by atoms with Crippen LogP contribution in [0, 0.1) is 6.92 Å². The largest absolute Gasteiger partial charge is 0.472 e. The van der Waals surface area contributed by atoms with Crippen LogP contribution in [0.15, 0.2) is 35.1 Å². The number of hydrogen-bond donors (Lipinski definition) is 1. The molecule has 7 heteroatoms. The molecule has 0 aliphatic carbocycles. The summed E-state index contributed by atoms with van der Waals surface area (Å²) < 4.78 is 16.5. The van der Waals surface area contributed by atoms with Crippen LogP contribution < -0.4 is 10.1 Å². The molecule has 134 valence electrons. The molecule has 1 saturated heterocycles. The second kappa shape index (κ2) is 8.02. The number of rotatable bonds is 6. The van der Waals surface area contributed by atoms with Crippen molar-refractivity contribution in [2.45, 2.75) is 32.9 Å². The lowest BCUT2D eigenvalue weighted by Crippen LogP contribution is -2.34. The first-order valence-corrected chi connectivity index (χ1v) is 8.45. The summed E-state index contributed by atoms with van der Waals surface area (Å²) in [6.45, 7) is 6.17. The molecule has 1 fully saturated rings. The fourth-order valence-corrected chi connectivity index (χ4v) is 2.60. The smallest absolute Gasteiger partial charge is 0.322 e. The molecule has 7 nitrogen and oxygen atoms in total. The quantitative estimate of drug-likeness (QED) is 0.870. The molecule has 0 bridgehead atoms. The molecule has 1 aliphatic rings. The molecular weight excluding hydrogens is 322 g/mol. The van der Waals surface area contributed by atoms with Crippen molar-refractivity contribution in [1.82, 2.24) is 9.88 Å². The first-order chi connectivity index (χ1) is 12.2. The minimum atomic E-state index is -0.195. The molecular formula is C18H23N3O4. The average Bonchev–Trinajstić information content (AvgIpc) is 3.25. The third-order valence-electron chi connectivity index (χ3n) is 4.13. The molecule has 2 amide bonds. The van der Waals surface area contributed by atoms with Gasteiger partial charge < -0.3 is 24.1 Å². The van der Waals surface area contributed by atoms with E-state index in [9.17, 15) is 4.79 Å². The Labute approximate surface area is 146 Å². The molecule has 3 heterocycles. The lowest BCUT2D eigenvalue weighted by atomic mass is 10.2. The van der Waals surface area contributed by atoms with Gasteiger partial charge in [-0.2, -0.15) is 0 Å². The van der Waals surface area contributed by atoms with Crippen LogP contribution in [0.25, 0.3) is 0 Å². The van der Waals surface area contributed by atoms with Gasteiger partial charge in [0.2, 0.25) is 5.88 Å². The van der Waals surface area contributed by atoms with Crippen LogP contribution in [0.4, 0.5) is 10.5 Å². The summed E-state index contributed by atoms with van der Waals surface area (Å²) in [5, 5.41) is 2.88. The SMILES string of the molecule is CCN(Cc1occc1C)C(=O)Nc1ccnc(OC2CCOC2)c1. The predicted molar refractivity (Wildman–Crippen MR) is 92.6 cm³/mol. The van der Waals surface area contributed by atoms with Gasteiger partial charge in [0.15, 0.2) is 0 Å². The predicted octanol–water partition coefficient (Wildman–Crippen LogP) is 3.20. The van der Waals surface area contributed by atoms with E-state index in [2.05, 4.69) is 10.3 Å².